The van der Waals surface area contributed by atoms with E-state index < -0.39 is 0 Å². The molecule has 4 rings (SSSR count). The summed E-state index contributed by atoms with van der Waals surface area (Å²) in [6.07, 6.45) is 3.45. The third kappa shape index (κ3) is 3.86. The van der Waals surface area contributed by atoms with Crippen LogP contribution in [0.25, 0.3) is 0 Å². The lowest BCUT2D eigenvalue weighted by Crippen LogP contribution is -2.46. The van der Waals surface area contributed by atoms with E-state index in [0.717, 1.165) is 38.0 Å². The second-order valence-electron chi connectivity index (χ2n) is 8.54. The molecule has 5 nitrogen and oxygen atoms in total. The molecule has 2 aliphatic rings. The van der Waals surface area contributed by atoms with Crippen molar-refractivity contribution >= 4 is 17.6 Å². The summed E-state index contributed by atoms with van der Waals surface area (Å²) < 4.78 is 0. The number of para-hydroxylation sites is 1. The van der Waals surface area contributed by atoms with Crippen molar-refractivity contribution < 1.29 is 9.59 Å². The Morgan fingerprint density at radius 1 is 1.03 bits per heavy atom. The van der Waals surface area contributed by atoms with E-state index in [1.54, 1.807) is 4.90 Å². The molecule has 1 aliphatic carbocycles. The van der Waals surface area contributed by atoms with Crippen LogP contribution in [0, 0.1) is 0 Å². The third-order valence-corrected chi connectivity index (χ3v) is 6.56. The monoisotopic (exact) mass is 391 g/mol. The van der Waals surface area contributed by atoms with E-state index in [9.17, 15) is 9.59 Å². The maximum Gasteiger partial charge on any atom is 0.321 e. The fourth-order valence-electron chi connectivity index (χ4n) is 4.94. The van der Waals surface area contributed by atoms with Gasteiger partial charge in [0.2, 0.25) is 5.91 Å². The predicted molar refractivity (Wildman–Crippen MR) is 115 cm³/mol. The quantitative estimate of drug-likeness (QED) is 0.852. The number of amides is 3. The molecule has 1 aliphatic heterocycles. The summed E-state index contributed by atoms with van der Waals surface area (Å²) in [7, 11) is 3.64. The lowest BCUT2D eigenvalue weighted by molar-refractivity contribution is -0.129. The number of urea groups is 1. The van der Waals surface area contributed by atoms with Gasteiger partial charge in [-0.3, -0.25) is 4.79 Å². The highest BCUT2D eigenvalue weighted by molar-refractivity contribution is 5.89. The molecule has 0 bridgehead atoms. The van der Waals surface area contributed by atoms with E-state index >= 15 is 0 Å². The van der Waals surface area contributed by atoms with E-state index in [2.05, 4.69) is 29.6 Å². The van der Waals surface area contributed by atoms with Crippen molar-refractivity contribution in [3.63, 3.8) is 0 Å². The highest BCUT2D eigenvalue weighted by Crippen LogP contribution is 2.52. The Labute approximate surface area is 172 Å². The molecular formula is C24H29N3O2. The Morgan fingerprint density at radius 2 is 1.69 bits per heavy atom. The summed E-state index contributed by atoms with van der Waals surface area (Å²) in [5.41, 5.74) is 3.62. The molecule has 1 atom stereocenters. The average Bonchev–Trinajstić information content (AvgIpc) is 3.02. The summed E-state index contributed by atoms with van der Waals surface area (Å²) in [4.78, 5) is 28.6. The van der Waals surface area contributed by atoms with Gasteiger partial charge in [-0.05, 0) is 53.9 Å². The largest absolute Gasteiger partial charge is 0.349 e. The maximum absolute atomic E-state index is 12.7. The summed E-state index contributed by atoms with van der Waals surface area (Å²) in [6, 6.07) is 18.2. The number of benzene rings is 2. The average molecular weight is 392 g/mol. The fraction of sp³-hybridized carbons (Fsp3) is 0.417. The first kappa shape index (κ1) is 19.5. The Morgan fingerprint density at radius 3 is 2.38 bits per heavy atom. The van der Waals surface area contributed by atoms with E-state index in [1.807, 2.05) is 49.3 Å². The van der Waals surface area contributed by atoms with Crippen molar-refractivity contribution in [2.75, 3.05) is 32.5 Å². The number of hydrogen-bond acceptors (Lipinski definition) is 2. The molecular weight excluding hydrogens is 362 g/mol. The van der Waals surface area contributed by atoms with Crippen LogP contribution < -0.4 is 5.32 Å². The van der Waals surface area contributed by atoms with Gasteiger partial charge in [-0.2, -0.15) is 0 Å². The van der Waals surface area contributed by atoms with Crippen LogP contribution in [0.5, 0.6) is 0 Å². The number of anilines is 1. The number of hydrogen-bond donors (Lipinski definition) is 1. The zero-order chi connectivity index (χ0) is 20.4. The van der Waals surface area contributed by atoms with Crippen LogP contribution in [0.4, 0.5) is 10.5 Å². The van der Waals surface area contributed by atoms with E-state index in [0.29, 0.717) is 6.42 Å². The van der Waals surface area contributed by atoms with Gasteiger partial charge in [-0.1, -0.05) is 42.5 Å². The Balaban J connectivity index is 1.46. The van der Waals surface area contributed by atoms with Gasteiger partial charge in [0, 0.05) is 39.3 Å². The SMILES string of the molecule is CN(C)C(=O)CC1CC2(CCN(C(=O)Nc3ccccc3)CC2)c2ccccc21. The molecule has 1 N–H and O–H groups in total. The number of fused-ring (bicyclic) bond motifs is 2. The van der Waals surface area contributed by atoms with Crippen molar-refractivity contribution in [3.05, 3.63) is 65.7 Å². The van der Waals surface area contributed by atoms with Gasteiger partial charge in [-0.25, -0.2) is 4.79 Å². The second-order valence-corrected chi connectivity index (χ2v) is 8.54. The van der Waals surface area contributed by atoms with E-state index in [-0.39, 0.29) is 23.3 Å². The molecule has 2 aromatic rings. The summed E-state index contributed by atoms with van der Waals surface area (Å²) in [5.74, 6) is 0.451. The molecule has 1 heterocycles. The Kier molecular flexibility index (Phi) is 5.31. The lowest BCUT2D eigenvalue weighted by atomic mass is 9.73. The van der Waals surface area contributed by atoms with Crippen LogP contribution >= 0.6 is 0 Å². The third-order valence-electron chi connectivity index (χ3n) is 6.56. The van der Waals surface area contributed by atoms with Gasteiger partial charge in [-0.15, -0.1) is 0 Å². The number of likely N-dealkylation sites (tertiary alicyclic amines) is 1. The molecule has 152 valence electrons. The maximum atomic E-state index is 12.7. The van der Waals surface area contributed by atoms with E-state index in [4.69, 9.17) is 0 Å². The van der Waals surface area contributed by atoms with Crippen LogP contribution in [0.15, 0.2) is 54.6 Å². The first-order chi connectivity index (χ1) is 14.0. The normalized spacial score (nSPS) is 19.7. The van der Waals surface area contributed by atoms with Gasteiger partial charge in [0.05, 0.1) is 0 Å². The van der Waals surface area contributed by atoms with Gasteiger partial charge in [0.1, 0.15) is 0 Å². The highest BCUT2D eigenvalue weighted by Gasteiger charge is 2.46. The molecule has 2 aromatic carbocycles. The molecule has 1 spiro atoms. The molecule has 0 saturated carbocycles. The van der Waals surface area contributed by atoms with Crippen molar-refractivity contribution in [3.8, 4) is 0 Å². The smallest absolute Gasteiger partial charge is 0.321 e. The van der Waals surface area contributed by atoms with Crippen LogP contribution in [-0.4, -0.2) is 48.9 Å². The highest BCUT2D eigenvalue weighted by atomic mass is 16.2. The fourth-order valence-corrected chi connectivity index (χ4v) is 4.94. The molecule has 1 saturated heterocycles. The molecule has 3 amide bonds. The van der Waals surface area contributed by atoms with Crippen molar-refractivity contribution in [2.45, 2.75) is 37.0 Å². The minimum absolute atomic E-state index is 0.0309. The summed E-state index contributed by atoms with van der Waals surface area (Å²) in [5, 5.41) is 2.99. The van der Waals surface area contributed by atoms with Gasteiger partial charge in [0.25, 0.3) is 0 Å². The Hall–Kier alpha value is -2.82. The molecule has 1 fully saturated rings. The molecule has 29 heavy (non-hydrogen) atoms. The first-order valence-corrected chi connectivity index (χ1v) is 10.4. The lowest BCUT2D eigenvalue weighted by Gasteiger charge is -2.40. The first-order valence-electron chi connectivity index (χ1n) is 10.4. The summed E-state index contributed by atoms with van der Waals surface area (Å²) in [6.45, 7) is 1.47. The zero-order valence-corrected chi connectivity index (χ0v) is 17.2. The second kappa shape index (κ2) is 7.90. The van der Waals surface area contributed by atoms with Crippen LogP contribution in [0.1, 0.15) is 42.7 Å². The summed E-state index contributed by atoms with van der Waals surface area (Å²) >= 11 is 0. The topological polar surface area (TPSA) is 52.7 Å². The van der Waals surface area contributed by atoms with Crippen molar-refractivity contribution in [1.82, 2.24) is 9.80 Å². The molecule has 5 heteroatoms. The number of piperidine rings is 1. The van der Waals surface area contributed by atoms with Crippen molar-refractivity contribution in [1.29, 1.82) is 0 Å². The van der Waals surface area contributed by atoms with Crippen LogP contribution in [-0.2, 0) is 10.2 Å². The zero-order valence-electron chi connectivity index (χ0n) is 17.2. The van der Waals surface area contributed by atoms with E-state index in [1.165, 1.54) is 11.1 Å². The number of rotatable bonds is 3. The van der Waals surface area contributed by atoms with Gasteiger partial charge >= 0.3 is 6.03 Å². The minimum atomic E-state index is -0.0309. The minimum Gasteiger partial charge on any atom is -0.349 e. The Bertz CT molecular complexity index is 886. The number of nitrogens with zero attached hydrogens (tertiary/aromatic N) is 2. The van der Waals surface area contributed by atoms with Crippen LogP contribution in [0.2, 0.25) is 0 Å². The number of carbonyl (C=O) groups is 2. The predicted octanol–water partition coefficient (Wildman–Crippen LogP) is 4.22. The standard InChI is InChI=1S/C24H29N3O2/c1-26(2)22(28)16-18-17-24(21-11-7-6-10-20(18)21)12-14-27(15-13-24)23(29)25-19-8-4-3-5-9-19/h3-11,18H,12-17H2,1-2H3,(H,25,29). The number of nitrogens with one attached hydrogen (secondary N) is 1. The molecule has 0 radical (unpaired) electrons. The number of carbonyl (C=O) groups excluding carboxylic acids is 2. The molecule has 1 unspecified atom stereocenters. The van der Waals surface area contributed by atoms with Crippen molar-refractivity contribution in [2.24, 2.45) is 0 Å². The van der Waals surface area contributed by atoms with Crippen LogP contribution in [0.3, 0.4) is 0 Å². The van der Waals surface area contributed by atoms with Gasteiger partial charge in [0.15, 0.2) is 0 Å². The molecule has 0 aromatic heterocycles. The van der Waals surface area contributed by atoms with Gasteiger partial charge < -0.3 is 15.1 Å².